The molecule has 0 radical (unpaired) electrons. The van der Waals surface area contributed by atoms with Crippen LogP contribution in [-0.4, -0.2) is 29.8 Å². The van der Waals surface area contributed by atoms with Gasteiger partial charge in [-0.15, -0.1) is 0 Å². The van der Waals surface area contributed by atoms with E-state index >= 15 is 0 Å². The van der Waals surface area contributed by atoms with Gasteiger partial charge in [0.2, 0.25) is 11.8 Å². The third-order valence-electron chi connectivity index (χ3n) is 4.44. The molecule has 0 unspecified atom stereocenters. The second-order valence-corrected chi connectivity index (χ2v) is 5.90. The molecule has 0 aromatic heterocycles. The predicted molar refractivity (Wildman–Crippen MR) is 91.5 cm³/mol. The Morgan fingerprint density at radius 3 is 2.48 bits per heavy atom. The molecule has 2 amide bonds. The topological polar surface area (TPSA) is 63.4 Å². The number of primary amides is 1. The van der Waals surface area contributed by atoms with E-state index in [0.29, 0.717) is 25.9 Å². The molecule has 2 N–H and O–H groups in total. The van der Waals surface area contributed by atoms with Gasteiger partial charge in [-0.3, -0.25) is 9.59 Å². The zero-order valence-corrected chi connectivity index (χ0v) is 12.9. The minimum absolute atomic E-state index is 0.0131. The maximum absolute atomic E-state index is 12.3. The number of carbonyl (C=O) groups excluding carboxylic acids is 2. The van der Waals surface area contributed by atoms with E-state index < -0.39 is 0 Å². The Bertz CT molecular complexity index is 754. The number of hydrogen-bond donors (Lipinski definition) is 1. The van der Waals surface area contributed by atoms with Gasteiger partial charge in [0.1, 0.15) is 0 Å². The van der Waals surface area contributed by atoms with E-state index in [1.165, 1.54) is 0 Å². The number of nitrogens with two attached hydrogens (primary N) is 1. The van der Waals surface area contributed by atoms with Gasteiger partial charge >= 0.3 is 0 Å². The van der Waals surface area contributed by atoms with Crippen molar-refractivity contribution in [2.24, 2.45) is 11.7 Å². The van der Waals surface area contributed by atoms with Gasteiger partial charge in [0.25, 0.3) is 0 Å². The molecule has 0 spiro atoms. The van der Waals surface area contributed by atoms with Gasteiger partial charge in [-0.25, -0.2) is 0 Å². The molecule has 0 atom stereocenters. The van der Waals surface area contributed by atoms with Crippen LogP contribution in [0.15, 0.2) is 48.5 Å². The Morgan fingerprint density at radius 1 is 1.04 bits per heavy atom. The lowest BCUT2D eigenvalue weighted by atomic mass is 9.96. The van der Waals surface area contributed by atoms with Crippen molar-refractivity contribution in [1.82, 2.24) is 4.90 Å². The van der Waals surface area contributed by atoms with Gasteiger partial charge in [-0.05, 0) is 35.3 Å². The Hall–Kier alpha value is -2.62. The first kappa shape index (κ1) is 15.3. The Labute approximate surface area is 135 Å². The summed E-state index contributed by atoms with van der Waals surface area (Å²) in [4.78, 5) is 25.3. The smallest absolute Gasteiger partial charge is 0.246 e. The Morgan fingerprint density at radius 2 is 1.74 bits per heavy atom. The fraction of sp³-hybridized carbons (Fsp3) is 0.263. The lowest BCUT2D eigenvalue weighted by molar-refractivity contribution is -0.130. The van der Waals surface area contributed by atoms with Crippen molar-refractivity contribution in [1.29, 1.82) is 0 Å². The average Bonchev–Trinajstić information content (AvgIpc) is 2.59. The van der Waals surface area contributed by atoms with Gasteiger partial charge in [0.05, 0.1) is 0 Å². The summed E-state index contributed by atoms with van der Waals surface area (Å²) < 4.78 is 0. The van der Waals surface area contributed by atoms with Gasteiger partial charge in [0.15, 0.2) is 0 Å². The van der Waals surface area contributed by atoms with Crippen molar-refractivity contribution in [2.45, 2.75) is 12.8 Å². The normalized spacial score (nSPS) is 16.1. The molecule has 0 bridgehead atoms. The van der Waals surface area contributed by atoms with Crippen molar-refractivity contribution < 1.29 is 9.59 Å². The molecule has 4 heteroatoms. The third-order valence-corrected chi connectivity index (χ3v) is 4.44. The Balaban J connectivity index is 1.70. The Kier molecular flexibility index (Phi) is 4.42. The molecule has 1 heterocycles. The van der Waals surface area contributed by atoms with E-state index in [4.69, 9.17) is 5.73 Å². The molecule has 118 valence electrons. The van der Waals surface area contributed by atoms with Crippen LogP contribution in [0.3, 0.4) is 0 Å². The van der Waals surface area contributed by atoms with Crippen molar-refractivity contribution >= 4 is 28.7 Å². The molecule has 2 aromatic rings. The highest BCUT2D eigenvalue weighted by Gasteiger charge is 2.24. The number of carbonyl (C=O) groups is 2. The maximum atomic E-state index is 12.3. The molecule has 4 nitrogen and oxygen atoms in total. The van der Waals surface area contributed by atoms with E-state index in [1.807, 2.05) is 30.3 Å². The molecule has 2 aromatic carbocycles. The summed E-state index contributed by atoms with van der Waals surface area (Å²) >= 11 is 0. The predicted octanol–water partition coefficient (Wildman–Crippen LogP) is 2.58. The minimum Gasteiger partial charge on any atom is -0.369 e. The SMILES string of the molecule is NC(=O)C1CCN(C(=O)C=Cc2cccc3ccccc23)CC1. The van der Waals surface area contributed by atoms with E-state index in [2.05, 4.69) is 18.2 Å². The maximum Gasteiger partial charge on any atom is 0.246 e. The lowest BCUT2D eigenvalue weighted by Gasteiger charge is -2.29. The number of piperidine rings is 1. The standard InChI is InChI=1S/C19H20N2O2/c20-19(23)16-10-12-21(13-11-16)18(22)9-8-15-6-3-5-14-4-1-2-7-17(14)15/h1-9,16H,10-13H2,(H2,20,23). The molecular formula is C19H20N2O2. The van der Waals surface area contributed by atoms with Crippen molar-refractivity contribution in [3.05, 3.63) is 54.1 Å². The fourth-order valence-corrected chi connectivity index (χ4v) is 3.05. The zero-order chi connectivity index (χ0) is 16.2. The fourth-order valence-electron chi connectivity index (χ4n) is 3.05. The first-order chi connectivity index (χ1) is 11.1. The first-order valence-electron chi connectivity index (χ1n) is 7.89. The van der Waals surface area contributed by atoms with Crippen LogP contribution in [-0.2, 0) is 9.59 Å². The van der Waals surface area contributed by atoms with Crippen molar-refractivity contribution in [3.8, 4) is 0 Å². The van der Waals surface area contributed by atoms with Crippen molar-refractivity contribution in [2.75, 3.05) is 13.1 Å². The molecule has 1 aliphatic rings. The second kappa shape index (κ2) is 6.65. The minimum atomic E-state index is -0.261. The number of amides is 2. The lowest BCUT2D eigenvalue weighted by Crippen LogP contribution is -2.41. The summed E-state index contributed by atoms with van der Waals surface area (Å²) in [6.45, 7) is 1.18. The van der Waals surface area contributed by atoms with Gasteiger partial charge in [-0.1, -0.05) is 42.5 Å². The molecule has 23 heavy (non-hydrogen) atoms. The molecule has 1 saturated heterocycles. The van der Waals surface area contributed by atoms with Crippen LogP contribution in [0.5, 0.6) is 0 Å². The van der Waals surface area contributed by atoms with Crippen LogP contribution in [0.25, 0.3) is 16.8 Å². The monoisotopic (exact) mass is 308 g/mol. The van der Waals surface area contributed by atoms with E-state index in [9.17, 15) is 9.59 Å². The van der Waals surface area contributed by atoms with Crippen LogP contribution < -0.4 is 5.73 Å². The molecule has 1 aliphatic heterocycles. The number of fused-ring (bicyclic) bond motifs is 1. The largest absolute Gasteiger partial charge is 0.369 e. The number of likely N-dealkylation sites (tertiary alicyclic amines) is 1. The highest BCUT2D eigenvalue weighted by Crippen LogP contribution is 2.20. The number of nitrogens with zero attached hydrogens (tertiary/aromatic N) is 1. The van der Waals surface area contributed by atoms with E-state index in [-0.39, 0.29) is 17.7 Å². The molecule has 3 rings (SSSR count). The quantitative estimate of drug-likeness (QED) is 0.886. The zero-order valence-electron chi connectivity index (χ0n) is 12.9. The average molecular weight is 308 g/mol. The van der Waals surface area contributed by atoms with Gasteiger partial charge < -0.3 is 10.6 Å². The summed E-state index contributed by atoms with van der Waals surface area (Å²) in [5.74, 6) is -0.370. The third kappa shape index (κ3) is 3.42. The molecule has 0 aliphatic carbocycles. The highest BCUT2D eigenvalue weighted by molar-refractivity contribution is 5.96. The summed E-state index contributed by atoms with van der Waals surface area (Å²) in [5.41, 5.74) is 6.35. The molecule has 1 fully saturated rings. The van der Waals surface area contributed by atoms with E-state index in [0.717, 1.165) is 16.3 Å². The number of hydrogen-bond acceptors (Lipinski definition) is 2. The van der Waals surface area contributed by atoms with Crippen LogP contribution >= 0.6 is 0 Å². The number of rotatable bonds is 3. The highest BCUT2D eigenvalue weighted by atomic mass is 16.2. The number of benzene rings is 2. The summed E-state index contributed by atoms with van der Waals surface area (Å²) in [6, 6.07) is 14.2. The first-order valence-corrected chi connectivity index (χ1v) is 7.89. The van der Waals surface area contributed by atoms with Gasteiger partial charge in [0, 0.05) is 25.1 Å². The summed E-state index contributed by atoms with van der Waals surface area (Å²) in [6.07, 6.45) is 4.80. The van der Waals surface area contributed by atoms with Crippen LogP contribution in [0, 0.1) is 5.92 Å². The van der Waals surface area contributed by atoms with Crippen molar-refractivity contribution in [3.63, 3.8) is 0 Å². The molecule has 0 saturated carbocycles. The second-order valence-electron chi connectivity index (χ2n) is 5.90. The van der Waals surface area contributed by atoms with Gasteiger partial charge in [-0.2, -0.15) is 0 Å². The van der Waals surface area contributed by atoms with Crippen LogP contribution in [0.4, 0.5) is 0 Å². The van der Waals surface area contributed by atoms with E-state index in [1.54, 1.807) is 11.0 Å². The van der Waals surface area contributed by atoms with Crippen LogP contribution in [0.1, 0.15) is 18.4 Å². The summed E-state index contributed by atoms with van der Waals surface area (Å²) in [7, 11) is 0. The molecular weight excluding hydrogens is 288 g/mol. The summed E-state index contributed by atoms with van der Waals surface area (Å²) in [5, 5.41) is 2.29. The van der Waals surface area contributed by atoms with Crippen LogP contribution in [0.2, 0.25) is 0 Å².